The van der Waals surface area contributed by atoms with Gasteiger partial charge in [-0.25, -0.2) is 0 Å². The minimum absolute atomic E-state index is 0.00873. The van der Waals surface area contributed by atoms with Crippen molar-refractivity contribution < 1.29 is 9.90 Å². The van der Waals surface area contributed by atoms with E-state index in [9.17, 15) is 9.90 Å². The second-order valence-corrected chi connectivity index (χ2v) is 5.41. The number of carbonyl (C=O) groups excluding carboxylic acids is 1. The van der Waals surface area contributed by atoms with E-state index < -0.39 is 6.10 Å². The van der Waals surface area contributed by atoms with Crippen molar-refractivity contribution in [3.05, 3.63) is 63.7 Å². The van der Waals surface area contributed by atoms with Gasteiger partial charge in [-0.1, -0.05) is 35.9 Å². The number of amides is 1. The number of hydrogen-bond donors (Lipinski definition) is 2. The lowest BCUT2D eigenvalue weighted by molar-refractivity contribution is -0.115. The smallest absolute Gasteiger partial charge is 0.228 e. The van der Waals surface area contributed by atoms with Gasteiger partial charge in [-0.2, -0.15) is 0 Å². The van der Waals surface area contributed by atoms with Crippen LogP contribution in [0.1, 0.15) is 28.4 Å². The zero-order valence-electron chi connectivity index (χ0n) is 11.0. The van der Waals surface area contributed by atoms with Crippen molar-refractivity contribution in [2.45, 2.75) is 19.4 Å². The van der Waals surface area contributed by atoms with E-state index in [4.69, 9.17) is 11.6 Å². The number of aliphatic hydroxyl groups excluding tert-OH is 1. The van der Waals surface area contributed by atoms with Crippen LogP contribution in [-0.4, -0.2) is 11.0 Å². The fraction of sp³-hybridized carbons (Fsp3) is 0.188. The van der Waals surface area contributed by atoms with Crippen LogP contribution in [-0.2, 0) is 11.2 Å². The van der Waals surface area contributed by atoms with Gasteiger partial charge in [0.25, 0.3) is 0 Å². The van der Waals surface area contributed by atoms with Crippen molar-refractivity contribution in [3.63, 3.8) is 0 Å². The Morgan fingerprint density at radius 1 is 1.30 bits per heavy atom. The number of aliphatic hydroxyl groups is 1. The van der Waals surface area contributed by atoms with Crippen molar-refractivity contribution >= 4 is 23.2 Å². The molecule has 3 rings (SSSR count). The highest BCUT2D eigenvalue weighted by atomic mass is 35.5. The molecule has 0 bridgehead atoms. The Morgan fingerprint density at radius 3 is 2.90 bits per heavy atom. The topological polar surface area (TPSA) is 49.3 Å². The molecule has 0 fully saturated rings. The number of nitrogens with one attached hydrogen (secondary N) is 1. The summed E-state index contributed by atoms with van der Waals surface area (Å²) in [5.41, 5.74) is 4.18. The van der Waals surface area contributed by atoms with Crippen LogP contribution in [0.2, 0.25) is 5.02 Å². The summed E-state index contributed by atoms with van der Waals surface area (Å²) in [7, 11) is 0. The van der Waals surface area contributed by atoms with Crippen LogP contribution in [0.15, 0.2) is 36.4 Å². The highest BCUT2D eigenvalue weighted by Crippen LogP contribution is 2.32. The standard InChI is InChI=1S/C16H14ClNO2/c1-9-12(3-2-4-13(9)17)16(20)10-5-6-14-11(7-10)8-15(19)18-14/h2-7,16,20H,8H2,1H3,(H,18,19). The summed E-state index contributed by atoms with van der Waals surface area (Å²) < 4.78 is 0. The molecule has 102 valence electrons. The molecule has 1 heterocycles. The zero-order valence-corrected chi connectivity index (χ0v) is 11.7. The van der Waals surface area contributed by atoms with E-state index in [0.29, 0.717) is 11.4 Å². The molecule has 1 unspecified atom stereocenters. The number of carbonyl (C=O) groups is 1. The Balaban J connectivity index is 1.99. The molecule has 4 heteroatoms. The first kappa shape index (κ1) is 13.2. The number of hydrogen-bond acceptors (Lipinski definition) is 2. The molecular weight excluding hydrogens is 274 g/mol. The van der Waals surface area contributed by atoms with Crippen LogP contribution < -0.4 is 5.32 Å². The summed E-state index contributed by atoms with van der Waals surface area (Å²) in [6.07, 6.45) is -0.376. The normalized spacial score (nSPS) is 14.8. The minimum Gasteiger partial charge on any atom is -0.384 e. The van der Waals surface area contributed by atoms with Crippen LogP contribution in [0.4, 0.5) is 5.69 Å². The first-order chi connectivity index (χ1) is 9.56. The third kappa shape index (κ3) is 2.19. The van der Waals surface area contributed by atoms with E-state index >= 15 is 0 Å². The van der Waals surface area contributed by atoms with Gasteiger partial charge in [-0.3, -0.25) is 4.79 Å². The maximum atomic E-state index is 11.4. The molecule has 0 aromatic heterocycles. The lowest BCUT2D eigenvalue weighted by Gasteiger charge is -2.16. The first-order valence-electron chi connectivity index (χ1n) is 6.42. The number of fused-ring (bicyclic) bond motifs is 1. The van der Waals surface area contributed by atoms with Gasteiger partial charge in [0, 0.05) is 10.7 Å². The second kappa shape index (κ2) is 4.93. The Kier molecular flexibility index (Phi) is 3.24. The molecular formula is C16H14ClNO2. The lowest BCUT2D eigenvalue weighted by Crippen LogP contribution is -2.03. The predicted molar refractivity (Wildman–Crippen MR) is 79.0 cm³/mol. The minimum atomic E-state index is -0.741. The lowest BCUT2D eigenvalue weighted by atomic mass is 9.96. The molecule has 1 atom stereocenters. The largest absolute Gasteiger partial charge is 0.384 e. The van der Waals surface area contributed by atoms with E-state index in [1.807, 2.05) is 37.3 Å². The van der Waals surface area contributed by atoms with Crippen molar-refractivity contribution in [1.82, 2.24) is 0 Å². The van der Waals surface area contributed by atoms with Gasteiger partial charge < -0.3 is 10.4 Å². The maximum absolute atomic E-state index is 11.4. The molecule has 1 aliphatic heterocycles. The van der Waals surface area contributed by atoms with Crippen molar-refractivity contribution in [2.75, 3.05) is 5.32 Å². The Labute approximate surface area is 122 Å². The molecule has 2 N–H and O–H groups in total. The van der Waals surface area contributed by atoms with Crippen LogP contribution in [0.5, 0.6) is 0 Å². The first-order valence-corrected chi connectivity index (χ1v) is 6.80. The molecule has 2 aromatic rings. The molecule has 0 saturated heterocycles. The van der Waals surface area contributed by atoms with E-state index in [0.717, 1.165) is 27.9 Å². The molecule has 0 saturated carbocycles. The third-order valence-electron chi connectivity index (χ3n) is 3.67. The zero-order chi connectivity index (χ0) is 14.3. The van der Waals surface area contributed by atoms with Crippen molar-refractivity contribution in [2.24, 2.45) is 0 Å². The highest BCUT2D eigenvalue weighted by molar-refractivity contribution is 6.31. The summed E-state index contributed by atoms with van der Waals surface area (Å²) in [4.78, 5) is 11.4. The molecule has 1 aliphatic rings. The van der Waals surface area contributed by atoms with Gasteiger partial charge in [0.15, 0.2) is 0 Å². The van der Waals surface area contributed by atoms with Crippen LogP contribution in [0, 0.1) is 6.92 Å². The van der Waals surface area contributed by atoms with Gasteiger partial charge in [0.05, 0.1) is 6.42 Å². The summed E-state index contributed by atoms with van der Waals surface area (Å²) in [5, 5.41) is 14.0. The highest BCUT2D eigenvalue weighted by Gasteiger charge is 2.20. The molecule has 3 nitrogen and oxygen atoms in total. The second-order valence-electron chi connectivity index (χ2n) is 5.00. The monoisotopic (exact) mass is 287 g/mol. The number of benzene rings is 2. The van der Waals surface area contributed by atoms with Crippen molar-refractivity contribution in [3.8, 4) is 0 Å². The van der Waals surface area contributed by atoms with Crippen LogP contribution in [0.3, 0.4) is 0 Å². The van der Waals surface area contributed by atoms with Gasteiger partial charge in [-0.05, 0) is 41.3 Å². The van der Waals surface area contributed by atoms with Gasteiger partial charge in [0.2, 0.25) is 5.91 Å². The molecule has 0 spiro atoms. The van der Waals surface area contributed by atoms with E-state index in [1.54, 1.807) is 6.07 Å². The average Bonchev–Trinajstić information content (AvgIpc) is 2.80. The summed E-state index contributed by atoms with van der Waals surface area (Å²) in [6.45, 7) is 1.89. The Bertz CT molecular complexity index is 697. The van der Waals surface area contributed by atoms with Gasteiger partial charge in [0.1, 0.15) is 6.10 Å². The maximum Gasteiger partial charge on any atom is 0.228 e. The number of rotatable bonds is 2. The fourth-order valence-electron chi connectivity index (χ4n) is 2.52. The predicted octanol–water partition coefficient (Wildman–Crippen LogP) is 3.22. The van der Waals surface area contributed by atoms with Gasteiger partial charge >= 0.3 is 0 Å². The summed E-state index contributed by atoms with van der Waals surface area (Å²) >= 11 is 6.09. The van der Waals surface area contributed by atoms with E-state index in [-0.39, 0.29) is 5.91 Å². The molecule has 2 aromatic carbocycles. The molecule has 0 aliphatic carbocycles. The number of anilines is 1. The average molecular weight is 288 g/mol. The van der Waals surface area contributed by atoms with E-state index in [1.165, 1.54) is 0 Å². The molecule has 1 amide bonds. The molecule has 20 heavy (non-hydrogen) atoms. The third-order valence-corrected chi connectivity index (χ3v) is 4.08. The van der Waals surface area contributed by atoms with Gasteiger partial charge in [-0.15, -0.1) is 0 Å². The van der Waals surface area contributed by atoms with E-state index in [2.05, 4.69) is 5.32 Å². The quantitative estimate of drug-likeness (QED) is 0.891. The number of halogens is 1. The van der Waals surface area contributed by atoms with Crippen LogP contribution in [0.25, 0.3) is 0 Å². The van der Waals surface area contributed by atoms with Crippen LogP contribution >= 0.6 is 11.6 Å². The SMILES string of the molecule is Cc1c(Cl)cccc1C(O)c1ccc2c(c1)CC(=O)N2. The summed E-state index contributed by atoms with van der Waals surface area (Å²) in [5.74, 6) is -0.00873. The Hall–Kier alpha value is -1.84. The molecule has 0 radical (unpaired) electrons. The summed E-state index contributed by atoms with van der Waals surface area (Å²) in [6, 6.07) is 11.0. The Morgan fingerprint density at radius 2 is 2.10 bits per heavy atom. The van der Waals surface area contributed by atoms with Crippen molar-refractivity contribution in [1.29, 1.82) is 0 Å². The fourth-order valence-corrected chi connectivity index (χ4v) is 2.70.